The number of H-pyrrole nitrogens is 1. The van der Waals surface area contributed by atoms with Crippen LogP contribution in [-0.4, -0.2) is 45.9 Å². The molecule has 2 aliphatic rings. The Kier molecular flexibility index (Phi) is 3.25. The summed E-state index contributed by atoms with van der Waals surface area (Å²) < 4.78 is 0. The fourth-order valence-corrected chi connectivity index (χ4v) is 3.07. The molecule has 1 amide bonds. The highest BCUT2D eigenvalue weighted by Crippen LogP contribution is 2.26. The van der Waals surface area contributed by atoms with Gasteiger partial charge in [-0.25, -0.2) is 0 Å². The molecule has 2 aromatic heterocycles. The van der Waals surface area contributed by atoms with Crippen LogP contribution in [0.1, 0.15) is 28.0 Å². The fourth-order valence-electron chi connectivity index (χ4n) is 3.07. The number of rotatable bonds is 4. The molecule has 0 radical (unpaired) electrons. The third kappa shape index (κ3) is 2.43. The van der Waals surface area contributed by atoms with Gasteiger partial charge in [-0.1, -0.05) is 0 Å². The Hall–Kier alpha value is -2.44. The van der Waals surface area contributed by atoms with E-state index < -0.39 is 0 Å². The Bertz CT molecular complexity index is 677. The van der Waals surface area contributed by atoms with E-state index in [1.807, 2.05) is 0 Å². The second kappa shape index (κ2) is 5.40. The third-order valence-electron chi connectivity index (χ3n) is 4.40. The number of carbonyl (C=O) groups is 1. The molecule has 0 unspecified atom stereocenters. The normalized spacial score (nSPS) is 17.2. The maximum Gasteiger partial charge on any atom is 0.254 e. The average molecular weight is 298 g/mol. The minimum atomic E-state index is -0.0791. The monoisotopic (exact) mass is 298 g/mol. The van der Waals surface area contributed by atoms with Gasteiger partial charge in [-0.15, -0.1) is 5.10 Å². The summed E-state index contributed by atoms with van der Waals surface area (Å²) >= 11 is 0. The van der Waals surface area contributed by atoms with Crippen LogP contribution in [0.5, 0.6) is 0 Å². The molecule has 3 heterocycles. The van der Waals surface area contributed by atoms with Crippen molar-refractivity contribution in [3.05, 3.63) is 35.3 Å². The van der Waals surface area contributed by atoms with Gasteiger partial charge in [0.1, 0.15) is 0 Å². The molecule has 4 rings (SSSR count). The van der Waals surface area contributed by atoms with Gasteiger partial charge in [-0.2, -0.15) is 10.2 Å². The van der Waals surface area contributed by atoms with Crippen molar-refractivity contribution in [2.45, 2.75) is 19.3 Å². The smallest absolute Gasteiger partial charge is 0.254 e. The van der Waals surface area contributed by atoms with Crippen molar-refractivity contribution in [2.24, 2.45) is 5.92 Å². The highest BCUT2D eigenvalue weighted by molar-refractivity contribution is 5.93. The zero-order valence-electron chi connectivity index (χ0n) is 12.2. The van der Waals surface area contributed by atoms with Gasteiger partial charge in [0, 0.05) is 31.7 Å². The van der Waals surface area contributed by atoms with Gasteiger partial charge in [0.2, 0.25) is 0 Å². The molecule has 7 heteroatoms. The standard InChI is InChI=1S/C15H18N6O/c22-15(12-6-17-18-7-12)16-5-10-8-21(9-10)14-4-11-2-1-3-13(11)19-20-14/h4,6-7,10H,1-3,5,8-9H2,(H,16,22)(H,17,18). The number of hydrogen-bond donors (Lipinski definition) is 2. The van der Waals surface area contributed by atoms with Crippen molar-refractivity contribution in [2.75, 3.05) is 24.5 Å². The van der Waals surface area contributed by atoms with Crippen LogP contribution in [0.4, 0.5) is 5.82 Å². The van der Waals surface area contributed by atoms with E-state index in [2.05, 4.69) is 36.7 Å². The van der Waals surface area contributed by atoms with Gasteiger partial charge >= 0.3 is 0 Å². The summed E-state index contributed by atoms with van der Waals surface area (Å²) in [5.41, 5.74) is 3.08. The van der Waals surface area contributed by atoms with Crippen LogP contribution in [0.2, 0.25) is 0 Å². The Morgan fingerprint density at radius 3 is 3.09 bits per heavy atom. The summed E-state index contributed by atoms with van der Waals surface area (Å²) in [6, 6.07) is 2.18. The zero-order chi connectivity index (χ0) is 14.9. The Morgan fingerprint density at radius 2 is 2.27 bits per heavy atom. The molecule has 0 aromatic carbocycles. The Labute approximate surface area is 128 Å². The molecule has 22 heavy (non-hydrogen) atoms. The van der Waals surface area contributed by atoms with E-state index in [9.17, 15) is 4.79 Å². The van der Waals surface area contributed by atoms with Crippen LogP contribution in [0, 0.1) is 5.92 Å². The van der Waals surface area contributed by atoms with Crippen molar-refractivity contribution in [1.29, 1.82) is 0 Å². The second-order valence-electron chi connectivity index (χ2n) is 6.00. The minimum Gasteiger partial charge on any atom is -0.354 e. The van der Waals surface area contributed by atoms with E-state index in [0.29, 0.717) is 18.0 Å². The SMILES string of the molecule is O=C(NCC1CN(c2cc3c(nn2)CCC3)C1)c1cn[nH]c1. The summed E-state index contributed by atoms with van der Waals surface area (Å²) in [4.78, 5) is 14.0. The van der Waals surface area contributed by atoms with Crippen molar-refractivity contribution in [3.8, 4) is 0 Å². The number of aromatic amines is 1. The Balaban J connectivity index is 1.28. The molecule has 7 nitrogen and oxygen atoms in total. The van der Waals surface area contributed by atoms with Gasteiger partial charge in [0.25, 0.3) is 5.91 Å². The van der Waals surface area contributed by atoms with Crippen LogP contribution in [0.25, 0.3) is 0 Å². The van der Waals surface area contributed by atoms with Gasteiger partial charge in [0.05, 0.1) is 17.5 Å². The molecule has 1 aliphatic carbocycles. The second-order valence-corrected chi connectivity index (χ2v) is 6.00. The maximum absolute atomic E-state index is 11.8. The number of amides is 1. The van der Waals surface area contributed by atoms with E-state index in [0.717, 1.165) is 37.4 Å². The topological polar surface area (TPSA) is 86.8 Å². The molecular formula is C15H18N6O. The quantitative estimate of drug-likeness (QED) is 0.861. The average Bonchev–Trinajstić information content (AvgIpc) is 3.16. The number of aryl methyl sites for hydroxylation is 2. The molecule has 0 atom stereocenters. The lowest BCUT2D eigenvalue weighted by molar-refractivity contribution is 0.0944. The molecule has 114 valence electrons. The van der Waals surface area contributed by atoms with Crippen molar-refractivity contribution in [1.82, 2.24) is 25.7 Å². The molecule has 1 fully saturated rings. The first-order valence-corrected chi connectivity index (χ1v) is 7.67. The summed E-state index contributed by atoms with van der Waals surface area (Å²) in [5.74, 6) is 1.36. The highest BCUT2D eigenvalue weighted by Gasteiger charge is 2.29. The highest BCUT2D eigenvalue weighted by atomic mass is 16.1. The first-order valence-electron chi connectivity index (χ1n) is 7.67. The van der Waals surface area contributed by atoms with E-state index in [-0.39, 0.29) is 5.91 Å². The molecular weight excluding hydrogens is 280 g/mol. The van der Waals surface area contributed by atoms with Crippen LogP contribution < -0.4 is 10.2 Å². The summed E-state index contributed by atoms with van der Waals surface area (Å²) in [6.07, 6.45) is 6.50. The first kappa shape index (κ1) is 13.2. The molecule has 0 bridgehead atoms. The number of carbonyl (C=O) groups excluding carboxylic acids is 1. The number of fused-ring (bicyclic) bond motifs is 1. The number of nitrogens with one attached hydrogen (secondary N) is 2. The lowest BCUT2D eigenvalue weighted by Crippen LogP contribution is -2.52. The van der Waals surface area contributed by atoms with Gasteiger partial charge in [-0.05, 0) is 30.9 Å². The summed E-state index contributed by atoms with van der Waals surface area (Å²) in [6.45, 7) is 2.51. The van der Waals surface area contributed by atoms with E-state index in [1.54, 1.807) is 6.20 Å². The molecule has 0 spiro atoms. The van der Waals surface area contributed by atoms with Crippen molar-refractivity contribution in [3.63, 3.8) is 0 Å². The van der Waals surface area contributed by atoms with Gasteiger partial charge in [0.15, 0.2) is 5.82 Å². The summed E-state index contributed by atoms with van der Waals surface area (Å²) in [7, 11) is 0. The number of anilines is 1. The Morgan fingerprint density at radius 1 is 1.36 bits per heavy atom. The van der Waals surface area contributed by atoms with Crippen molar-refractivity contribution >= 4 is 11.7 Å². The fraction of sp³-hybridized carbons (Fsp3) is 0.467. The molecule has 0 saturated carbocycles. The van der Waals surface area contributed by atoms with Crippen molar-refractivity contribution < 1.29 is 4.79 Å². The largest absolute Gasteiger partial charge is 0.354 e. The van der Waals surface area contributed by atoms with Crippen LogP contribution in [0.15, 0.2) is 18.5 Å². The predicted octanol–water partition coefficient (Wildman–Crippen LogP) is 0.555. The zero-order valence-corrected chi connectivity index (χ0v) is 12.2. The summed E-state index contributed by atoms with van der Waals surface area (Å²) in [5, 5.41) is 18.0. The minimum absolute atomic E-state index is 0.0791. The molecule has 2 aromatic rings. The third-order valence-corrected chi connectivity index (χ3v) is 4.40. The van der Waals surface area contributed by atoms with Crippen LogP contribution in [-0.2, 0) is 12.8 Å². The molecule has 2 N–H and O–H groups in total. The maximum atomic E-state index is 11.8. The van der Waals surface area contributed by atoms with Crippen LogP contribution >= 0.6 is 0 Å². The number of nitrogens with zero attached hydrogens (tertiary/aromatic N) is 4. The lowest BCUT2D eigenvalue weighted by atomic mass is 10.00. The first-order chi connectivity index (χ1) is 10.8. The van der Waals surface area contributed by atoms with Crippen LogP contribution in [0.3, 0.4) is 0 Å². The lowest BCUT2D eigenvalue weighted by Gasteiger charge is -2.40. The van der Waals surface area contributed by atoms with Gasteiger partial charge < -0.3 is 10.2 Å². The number of aromatic nitrogens is 4. The van der Waals surface area contributed by atoms with E-state index in [1.165, 1.54) is 18.2 Å². The van der Waals surface area contributed by atoms with E-state index >= 15 is 0 Å². The van der Waals surface area contributed by atoms with E-state index in [4.69, 9.17) is 0 Å². The number of hydrogen-bond acceptors (Lipinski definition) is 5. The molecule has 1 saturated heterocycles. The molecule has 1 aliphatic heterocycles. The van der Waals surface area contributed by atoms with Gasteiger partial charge in [-0.3, -0.25) is 9.89 Å². The predicted molar refractivity (Wildman–Crippen MR) is 80.7 cm³/mol.